The molecule has 0 heterocycles. The van der Waals surface area contributed by atoms with E-state index in [0.717, 1.165) is 11.6 Å². The second-order valence-corrected chi connectivity index (χ2v) is 5.91. The highest BCUT2D eigenvalue weighted by molar-refractivity contribution is 6.35. The Labute approximate surface area is 147 Å². The predicted molar refractivity (Wildman–Crippen MR) is 90.6 cm³/mol. The molecule has 0 saturated carbocycles. The smallest absolute Gasteiger partial charge is 0.270 e. The number of non-ortho nitro benzene ring substituents is 1. The van der Waals surface area contributed by atoms with Gasteiger partial charge in [-0.25, -0.2) is 0 Å². The lowest BCUT2D eigenvalue weighted by atomic mass is 10.1. The van der Waals surface area contributed by atoms with Crippen molar-refractivity contribution in [2.75, 3.05) is 6.54 Å². The summed E-state index contributed by atoms with van der Waals surface area (Å²) >= 11 is 17.8. The number of nitrogens with one attached hydrogen (secondary N) is 1. The van der Waals surface area contributed by atoms with Gasteiger partial charge in [0.15, 0.2) is 0 Å². The van der Waals surface area contributed by atoms with Gasteiger partial charge >= 0.3 is 0 Å². The number of nitrogens with zero attached hydrogens (tertiary/aromatic N) is 1. The molecule has 5 nitrogen and oxygen atoms in total. The standard InChI is InChI=1S/C15H11Cl3N2O3/c16-10-2-1-9(14(18)7-10)5-6-19-15(21)12-8-11(20(22)23)3-4-13(12)17/h1-4,7-8H,5-6H2,(H,19,21). The zero-order valence-corrected chi connectivity index (χ0v) is 14.0. The van der Waals surface area contributed by atoms with Crippen LogP contribution in [0.4, 0.5) is 5.69 Å². The average Bonchev–Trinajstić information content (AvgIpc) is 2.49. The lowest BCUT2D eigenvalue weighted by Crippen LogP contribution is -2.26. The van der Waals surface area contributed by atoms with E-state index in [4.69, 9.17) is 34.8 Å². The molecule has 0 spiro atoms. The van der Waals surface area contributed by atoms with Crippen molar-refractivity contribution >= 4 is 46.4 Å². The first-order valence-electron chi connectivity index (χ1n) is 6.54. The molecule has 23 heavy (non-hydrogen) atoms. The maximum absolute atomic E-state index is 12.1. The Morgan fingerprint density at radius 3 is 2.48 bits per heavy atom. The molecule has 0 aliphatic heterocycles. The summed E-state index contributed by atoms with van der Waals surface area (Å²) in [6.45, 7) is 0.305. The molecule has 0 bridgehead atoms. The number of carbonyl (C=O) groups excluding carboxylic acids is 1. The first kappa shape index (κ1) is 17.5. The van der Waals surface area contributed by atoms with Crippen LogP contribution in [-0.2, 0) is 6.42 Å². The topological polar surface area (TPSA) is 72.2 Å². The molecule has 1 amide bonds. The normalized spacial score (nSPS) is 10.4. The molecule has 120 valence electrons. The number of carbonyl (C=O) groups is 1. The van der Waals surface area contributed by atoms with Crippen LogP contribution in [0.5, 0.6) is 0 Å². The van der Waals surface area contributed by atoms with Crippen molar-refractivity contribution in [3.8, 4) is 0 Å². The number of halogens is 3. The molecule has 0 saturated heterocycles. The second kappa shape index (κ2) is 7.64. The fourth-order valence-corrected chi connectivity index (χ4v) is 2.64. The third kappa shape index (κ3) is 4.58. The highest BCUT2D eigenvalue weighted by atomic mass is 35.5. The van der Waals surface area contributed by atoms with Crippen LogP contribution in [0, 0.1) is 10.1 Å². The van der Waals surface area contributed by atoms with Gasteiger partial charge in [-0.15, -0.1) is 0 Å². The van der Waals surface area contributed by atoms with E-state index in [-0.39, 0.29) is 16.3 Å². The Morgan fingerprint density at radius 1 is 1.09 bits per heavy atom. The van der Waals surface area contributed by atoms with Crippen molar-refractivity contribution in [3.63, 3.8) is 0 Å². The van der Waals surface area contributed by atoms with E-state index in [2.05, 4.69) is 5.32 Å². The third-order valence-corrected chi connectivity index (χ3v) is 4.02. The molecule has 2 rings (SSSR count). The van der Waals surface area contributed by atoms with Crippen LogP contribution in [0.2, 0.25) is 15.1 Å². The molecule has 0 fully saturated rings. The van der Waals surface area contributed by atoms with Crippen molar-refractivity contribution in [3.05, 3.63) is 72.7 Å². The van der Waals surface area contributed by atoms with Crippen LogP contribution in [0.15, 0.2) is 36.4 Å². The monoisotopic (exact) mass is 372 g/mol. The fourth-order valence-electron chi connectivity index (χ4n) is 1.93. The van der Waals surface area contributed by atoms with E-state index in [0.29, 0.717) is 23.0 Å². The van der Waals surface area contributed by atoms with Crippen LogP contribution in [0.3, 0.4) is 0 Å². The average molecular weight is 374 g/mol. The summed E-state index contributed by atoms with van der Waals surface area (Å²) in [6.07, 6.45) is 0.494. The maximum atomic E-state index is 12.1. The molecule has 0 aliphatic carbocycles. The highest BCUT2D eigenvalue weighted by Gasteiger charge is 2.15. The Bertz CT molecular complexity index is 766. The van der Waals surface area contributed by atoms with Gasteiger partial charge in [-0.3, -0.25) is 14.9 Å². The largest absolute Gasteiger partial charge is 0.352 e. The Hall–Kier alpha value is -1.82. The number of hydrogen-bond acceptors (Lipinski definition) is 3. The molecule has 0 aromatic heterocycles. The summed E-state index contributed by atoms with van der Waals surface area (Å²) in [6, 6.07) is 8.82. The highest BCUT2D eigenvalue weighted by Crippen LogP contribution is 2.23. The van der Waals surface area contributed by atoms with Crippen molar-refractivity contribution in [1.29, 1.82) is 0 Å². The molecule has 0 radical (unpaired) electrons. The van der Waals surface area contributed by atoms with Crippen LogP contribution in [0.1, 0.15) is 15.9 Å². The fraction of sp³-hybridized carbons (Fsp3) is 0.133. The van der Waals surface area contributed by atoms with Gasteiger partial charge in [-0.1, -0.05) is 40.9 Å². The molecule has 8 heteroatoms. The van der Waals surface area contributed by atoms with Gasteiger partial charge in [0.1, 0.15) is 0 Å². The van der Waals surface area contributed by atoms with Gasteiger partial charge in [0.25, 0.3) is 11.6 Å². The van der Waals surface area contributed by atoms with E-state index in [1.165, 1.54) is 12.1 Å². The van der Waals surface area contributed by atoms with Gasteiger partial charge in [-0.2, -0.15) is 0 Å². The molecule has 0 aliphatic rings. The van der Waals surface area contributed by atoms with E-state index < -0.39 is 10.8 Å². The number of nitro benzene ring substituents is 1. The number of hydrogen-bond donors (Lipinski definition) is 1. The molecule has 0 atom stereocenters. The summed E-state index contributed by atoms with van der Waals surface area (Å²) in [5, 5.41) is 14.6. The van der Waals surface area contributed by atoms with E-state index in [1.54, 1.807) is 18.2 Å². The molecular formula is C15H11Cl3N2O3. The summed E-state index contributed by atoms with van der Waals surface area (Å²) in [5.74, 6) is -0.483. The minimum absolute atomic E-state index is 0.0584. The van der Waals surface area contributed by atoms with Crippen molar-refractivity contribution in [2.24, 2.45) is 0 Å². The SMILES string of the molecule is O=C(NCCc1ccc(Cl)cc1Cl)c1cc([N+](=O)[O-])ccc1Cl. The van der Waals surface area contributed by atoms with Crippen molar-refractivity contribution in [1.82, 2.24) is 5.32 Å². The van der Waals surface area contributed by atoms with Crippen molar-refractivity contribution < 1.29 is 9.72 Å². The van der Waals surface area contributed by atoms with Crippen LogP contribution in [0.25, 0.3) is 0 Å². The number of amides is 1. The summed E-state index contributed by atoms with van der Waals surface area (Å²) in [7, 11) is 0. The van der Waals surface area contributed by atoms with Crippen LogP contribution >= 0.6 is 34.8 Å². The lowest BCUT2D eigenvalue weighted by Gasteiger charge is -2.08. The van der Waals surface area contributed by atoms with E-state index in [1.807, 2.05) is 0 Å². The van der Waals surface area contributed by atoms with Gasteiger partial charge in [0.2, 0.25) is 0 Å². The number of benzene rings is 2. The van der Waals surface area contributed by atoms with Gasteiger partial charge in [-0.05, 0) is 30.2 Å². The quantitative estimate of drug-likeness (QED) is 0.618. The minimum atomic E-state index is -0.583. The van der Waals surface area contributed by atoms with Gasteiger partial charge in [0.05, 0.1) is 15.5 Å². The molecule has 2 aromatic carbocycles. The summed E-state index contributed by atoms with van der Waals surface area (Å²) in [4.78, 5) is 22.3. The van der Waals surface area contributed by atoms with Crippen LogP contribution in [-0.4, -0.2) is 17.4 Å². The van der Waals surface area contributed by atoms with Crippen LogP contribution < -0.4 is 5.32 Å². The first-order valence-corrected chi connectivity index (χ1v) is 7.68. The van der Waals surface area contributed by atoms with Gasteiger partial charge in [0, 0.05) is 28.7 Å². The predicted octanol–water partition coefficient (Wildman–Crippen LogP) is 4.53. The number of rotatable bonds is 5. The van der Waals surface area contributed by atoms with E-state index in [9.17, 15) is 14.9 Å². The maximum Gasteiger partial charge on any atom is 0.270 e. The minimum Gasteiger partial charge on any atom is -0.352 e. The third-order valence-electron chi connectivity index (χ3n) is 3.10. The zero-order chi connectivity index (χ0) is 17.0. The van der Waals surface area contributed by atoms with Gasteiger partial charge < -0.3 is 5.32 Å². The van der Waals surface area contributed by atoms with Crippen molar-refractivity contribution in [2.45, 2.75) is 6.42 Å². The van der Waals surface area contributed by atoms with E-state index >= 15 is 0 Å². The molecular weight excluding hydrogens is 363 g/mol. The summed E-state index contributed by atoms with van der Waals surface area (Å²) < 4.78 is 0. The Morgan fingerprint density at radius 2 is 1.83 bits per heavy atom. The zero-order valence-electron chi connectivity index (χ0n) is 11.7. The Balaban J connectivity index is 2.02. The lowest BCUT2D eigenvalue weighted by molar-refractivity contribution is -0.384. The molecule has 1 N–H and O–H groups in total. The molecule has 0 unspecified atom stereocenters. The number of nitro groups is 1. The second-order valence-electron chi connectivity index (χ2n) is 4.66. The summed E-state index contributed by atoms with van der Waals surface area (Å²) in [5.41, 5.74) is 0.699. The molecule has 2 aromatic rings. The Kier molecular flexibility index (Phi) is 5.82. The first-order chi connectivity index (χ1) is 10.9.